The van der Waals surface area contributed by atoms with Gasteiger partial charge in [0.25, 0.3) is 0 Å². The van der Waals surface area contributed by atoms with Crippen LogP contribution in [0, 0.1) is 5.82 Å². The fourth-order valence-electron chi connectivity index (χ4n) is 3.67. The molecule has 0 fully saturated rings. The van der Waals surface area contributed by atoms with Gasteiger partial charge < -0.3 is 19.5 Å². The molecule has 0 unspecified atom stereocenters. The van der Waals surface area contributed by atoms with Crippen LogP contribution in [0.1, 0.15) is 23.1 Å². The number of hydrogen-bond acceptors (Lipinski definition) is 5. The normalized spacial score (nSPS) is 12.9. The first kappa shape index (κ1) is 20.9. The maximum atomic E-state index is 14.1. The van der Waals surface area contributed by atoms with Crippen molar-refractivity contribution in [2.45, 2.75) is 26.0 Å². The molecule has 0 spiro atoms. The van der Waals surface area contributed by atoms with Crippen LogP contribution in [0.15, 0.2) is 54.9 Å². The molecular weight excluding hydrogens is 423 g/mol. The first-order chi connectivity index (χ1) is 15.0. The van der Waals surface area contributed by atoms with E-state index in [1.807, 2.05) is 24.3 Å². The molecule has 8 heteroatoms. The van der Waals surface area contributed by atoms with Crippen molar-refractivity contribution in [3.63, 3.8) is 0 Å². The number of fused-ring (bicyclic) bond motifs is 1. The number of hydrogen-bond donors (Lipinski definition) is 1. The maximum Gasteiger partial charge on any atom is 0.511 e. The van der Waals surface area contributed by atoms with Gasteiger partial charge in [0.15, 0.2) is 5.75 Å². The van der Waals surface area contributed by atoms with Gasteiger partial charge in [0.1, 0.15) is 18.2 Å². The van der Waals surface area contributed by atoms with E-state index in [-0.39, 0.29) is 12.4 Å². The number of ether oxygens (including phenoxy) is 2. The van der Waals surface area contributed by atoms with E-state index < -0.39 is 12.0 Å². The minimum atomic E-state index is -1.36. The number of benzene rings is 2. The molecule has 0 amide bonds. The van der Waals surface area contributed by atoms with Gasteiger partial charge in [0, 0.05) is 34.8 Å². The van der Waals surface area contributed by atoms with Crippen LogP contribution in [0.25, 0.3) is 0 Å². The van der Waals surface area contributed by atoms with E-state index in [0.29, 0.717) is 29.3 Å². The van der Waals surface area contributed by atoms with Crippen molar-refractivity contribution >= 4 is 23.4 Å². The predicted octanol–water partition coefficient (Wildman–Crippen LogP) is 5.46. The Balaban J connectivity index is 1.54. The summed E-state index contributed by atoms with van der Waals surface area (Å²) in [4.78, 5) is 17.3. The lowest BCUT2D eigenvalue weighted by atomic mass is 10.0. The quantitative estimate of drug-likeness (QED) is 0.511. The number of anilines is 1. The van der Waals surface area contributed by atoms with Gasteiger partial charge in [-0.2, -0.15) is 0 Å². The molecule has 3 aromatic rings. The Bertz CT molecular complexity index is 1110. The second-order valence-electron chi connectivity index (χ2n) is 7.16. The number of carboxylic acid groups (broad SMARTS) is 1. The van der Waals surface area contributed by atoms with Gasteiger partial charge >= 0.3 is 6.16 Å². The lowest BCUT2D eigenvalue weighted by molar-refractivity contribution is 0.144. The van der Waals surface area contributed by atoms with Crippen molar-refractivity contribution in [1.29, 1.82) is 0 Å². The van der Waals surface area contributed by atoms with Crippen LogP contribution >= 0.6 is 11.6 Å². The van der Waals surface area contributed by atoms with Crippen LogP contribution in [0.5, 0.6) is 11.5 Å². The molecule has 0 saturated heterocycles. The Hall–Kier alpha value is -3.32. The molecule has 31 heavy (non-hydrogen) atoms. The van der Waals surface area contributed by atoms with Crippen LogP contribution in [0.2, 0.25) is 5.02 Å². The van der Waals surface area contributed by atoms with E-state index in [1.54, 1.807) is 18.3 Å². The SMILES string of the molecule is O=C(O)Oc1cncc2c1CCCN2Cc1ccccc1OCc1ccc(Cl)cc1F. The molecule has 0 atom stereocenters. The summed E-state index contributed by atoms with van der Waals surface area (Å²) >= 11 is 5.82. The van der Waals surface area contributed by atoms with Crippen molar-refractivity contribution in [3.05, 3.63) is 82.4 Å². The summed E-state index contributed by atoms with van der Waals surface area (Å²) < 4.78 is 24.9. The minimum absolute atomic E-state index is 0.0781. The van der Waals surface area contributed by atoms with Crippen LogP contribution in [0.4, 0.5) is 14.9 Å². The molecule has 1 N–H and O–H groups in total. The van der Waals surface area contributed by atoms with Crippen LogP contribution in [0.3, 0.4) is 0 Å². The Morgan fingerprint density at radius 3 is 2.81 bits per heavy atom. The lowest BCUT2D eigenvalue weighted by Crippen LogP contribution is -2.29. The minimum Gasteiger partial charge on any atom is -0.488 e. The highest BCUT2D eigenvalue weighted by Crippen LogP contribution is 2.35. The second-order valence-corrected chi connectivity index (χ2v) is 7.60. The molecule has 2 heterocycles. The van der Waals surface area contributed by atoms with Gasteiger partial charge in [-0.25, -0.2) is 9.18 Å². The summed E-state index contributed by atoms with van der Waals surface area (Å²) in [5, 5.41) is 9.32. The molecule has 0 saturated carbocycles. The first-order valence-electron chi connectivity index (χ1n) is 9.78. The van der Waals surface area contributed by atoms with Crippen molar-refractivity contribution < 1.29 is 23.8 Å². The Kier molecular flexibility index (Phi) is 6.23. The number of rotatable bonds is 6. The molecule has 6 nitrogen and oxygen atoms in total. The summed E-state index contributed by atoms with van der Waals surface area (Å²) in [5.74, 6) is 0.499. The molecule has 4 rings (SSSR count). The molecule has 160 valence electrons. The second kappa shape index (κ2) is 9.22. The zero-order chi connectivity index (χ0) is 21.8. The van der Waals surface area contributed by atoms with Crippen molar-refractivity contribution in [2.24, 2.45) is 0 Å². The third-order valence-electron chi connectivity index (χ3n) is 5.12. The summed E-state index contributed by atoms with van der Waals surface area (Å²) in [6.45, 7) is 1.39. The molecule has 1 aliphatic rings. The third kappa shape index (κ3) is 4.88. The number of para-hydroxylation sites is 1. The molecule has 1 aliphatic heterocycles. The zero-order valence-corrected chi connectivity index (χ0v) is 17.3. The third-order valence-corrected chi connectivity index (χ3v) is 5.36. The number of nitrogens with zero attached hydrogens (tertiary/aromatic N) is 2. The Morgan fingerprint density at radius 1 is 1.16 bits per heavy atom. The number of halogens is 2. The van der Waals surface area contributed by atoms with Gasteiger partial charge in [-0.3, -0.25) is 4.98 Å². The highest BCUT2D eigenvalue weighted by atomic mass is 35.5. The van der Waals surface area contributed by atoms with Crippen LogP contribution < -0.4 is 14.4 Å². The average molecular weight is 443 g/mol. The molecule has 0 aliphatic carbocycles. The standard InChI is InChI=1S/C23H20ClFN2O4/c24-17-8-7-16(19(25)10-17)14-30-21-6-2-1-4-15(21)13-27-9-3-5-18-20(27)11-26-12-22(18)31-23(28)29/h1-2,4,6-8,10-12H,3,5,9,13-14H2,(H,28,29). The molecule has 0 bridgehead atoms. The smallest absolute Gasteiger partial charge is 0.488 e. The monoisotopic (exact) mass is 442 g/mol. The van der Waals surface area contributed by atoms with Gasteiger partial charge in [-0.05, 0) is 31.0 Å². The Labute approximate surface area is 183 Å². The first-order valence-corrected chi connectivity index (χ1v) is 10.2. The zero-order valence-electron chi connectivity index (χ0n) is 16.6. The number of pyridine rings is 1. The molecule has 0 radical (unpaired) electrons. The summed E-state index contributed by atoms with van der Waals surface area (Å²) in [7, 11) is 0. The van der Waals surface area contributed by atoms with Gasteiger partial charge in [0.2, 0.25) is 0 Å². The Morgan fingerprint density at radius 2 is 2.00 bits per heavy atom. The van der Waals surface area contributed by atoms with Gasteiger partial charge in [0.05, 0.1) is 18.1 Å². The lowest BCUT2D eigenvalue weighted by Gasteiger charge is -2.32. The summed E-state index contributed by atoms with van der Waals surface area (Å²) in [5.41, 5.74) is 3.00. The van der Waals surface area contributed by atoms with E-state index in [4.69, 9.17) is 26.2 Å². The molecular formula is C23H20ClFN2O4. The van der Waals surface area contributed by atoms with Gasteiger partial charge in [-0.15, -0.1) is 0 Å². The predicted molar refractivity (Wildman–Crippen MR) is 114 cm³/mol. The fourth-order valence-corrected chi connectivity index (χ4v) is 3.83. The van der Waals surface area contributed by atoms with Crippen molar-refractivity contribution in [3.8, 4) is 11.5 Å². The van der Waals surface area contributed by atoms with Crippen LogP contribution in [-0.2, 0) is 19.6 Å². The molecule has 1 aromatic heterocycles. The number of carbonyl (C=O) groups is 1. The largest absolute Gasteiger partial charge is 0.511 e. The summed E-state index contributed by atoms with van der Waals surface area (Å²) in [6.07, 6.45) is 3.35. The highest BCUT2D eigenvalue weighted by molar-refractivity contribution is 6.30. The number of aromatic nitrogens is 1. The molecule has 2 aromatic carbocycles. The van der Waals surface area contributed by atoms with E-state index >= 15 is 0 Å². The average Bonchev–Trinajstić information content (AvgIpc) is 2.74. The summed E-state index contributed by atoms with van der Waals surface area (Å²) in [6, 6.07) is 12.1. The van der Waals surface area contributed by atoms with E-state index in [1.165, 1.54) is 12.3 Å². The highest BCUT2D eigenvalue weighted by Gasteiger charge is 2.23. The van der Waals surface area contributed by atoms with Gasteiger partial charge in [-0.1, -0.05) is 35.9 Å². The fraction of sp³-hybridized carbons (Fsp3) is 0.217. The van der Waals surface area contributed by atoms with E-state index in [9.17, 15) is 9.18 Å². The van der Waals surface area contributed by atoms with E-state index in [2.05, 4.69) is 9.88 Å². The van der Waals surface area contributed by atoms with E-state index in [0.717, 1.165) is 29.8 Å². The topological polar surface area (TPSA) is 71.9 Å². The van der Waals surface area contributed by atoms with Crippen molar-refractivity contribution in [1.82, 2.24) is 4.98 Å². The maximum absolute atomic E-state index is 14.1. The van der Waals surface area contributed by atoms with Crippen LogP contribution in [-0.4, -0.2) is 22.8 Å². The van der Waals surface area contributed by atoms with Crippen molar-refractivity contribution in [2.75, 3.05) is 11.4 Å².